The SMILES string of the molecule is COC(=O)c1cc(Cc2cc(C(=O)NCc3ccc(N)nc3C)ccn2)cc2cc(Cl)cnc12.Cc1nc(N)ccc1CNC(=O)c1ccnc(Cc2cc(CO)c3ncc(Cl)cc3c2)c1.Cc1nc(N)ccc1CNC(=O)c1ccnc(Cc2cc(CO)c3ncc(Cl)cc3c2)c1.[AlH3].[H-].[Li+]. The third-order valence-corrected chi connectivity index (χ3v) is 16.3. The van der Waals surface area contributed by atoms with E-state index in [0.29, 0.717) is 121 Å². The molecule has 3 aromatic carbocycles. The summed E-state index contributed by atoms with van der Waals surface area (Å²) in [6, 6.07) is 37.7. The van der Waals surface area contributed by atoms with Crippen LogP contribution in [0.25, 0.3) is 32.7 Å². The van der Waals surface area contributed by atoms with Gasteiger partial charge in [0.15, 0.2) is 17.4 Å². The van der Waals surface area contributed by atoms with Crippen molar-refractivity contribution in [3.63, 3.8) is 0 Å². The number of fused-ring (bicyclic) bond motifs is 3. The van der Waals surface area contributed by atoms with E-state index in [1.54, 1.807) is 97.7 Å². The van der Waals surface area contributed by atoms with Crippen LogP contribution in [0.3, 0.4) is 0 Å². The number of benzene rings is 3. The Morgan fingerprint density at radius 2 is 0.760 bits per heavy atom. The van der Waals surface area contributed by atoms with Crippen LogP contribution in [0.1, 0.15) is 122 Å². The van der Waals surface area contributed by atoms with Crippen LogP contribution >= 0.6 is 34.8 Å². The number of rotatable bonds is 18. The van der Waals surface area contributed by atoms with E-state index in [1.165, 1.54) is 13.3 Å². The van der Waals surface area contributed by atoms with Crippen LogP contribution in [-0.4, -0.2) is 103 Å². The van der Waals surface area contributed by atoms with E-state index in [9.17, 15) is 29.4 Å². The largest absolute Gasteiger partial charge is 1.00 e. The van der Waals surface area contributed by atoms with Crippen molar-refractivity contribution in [2.24, 2.45) is 0 Å². The minimum atomic E-state index is -0.491. The molecule has 9 aromatic heterocycles. The predicted octanol–water partition coefficient (Wildman–Crippen LogP) is 6.97. The van der Waals surface area contributed by atoms with Crippen LogP contribution < -0.4 is 52.0 Å². The summed E-state index contributed by atoms with van der Waals surface area (Å²) in [5.74, 6) is 0.221. The molecule has 0 aliphatic carbocycles. The Labute approximate surface area is 614 Å². The van der Waals surface area contributed by atoms with Gasteiger partial charge in [-0.1, -0.05) is 65.1 Å². The van der Waals surface area contributed by atoms with Gasteiger partial charge in [-0.3, -0.25) is 44.3 Å². The number of hydrogen-bond donors (Lipinski definition) is 8. The molecule has 27 heteroatoms. The van der Waals surface area contributed by atoms with Gasteiger partial charge >= 0.3 is 24.8 Å². The minimum Gasteiger partial charge on any atom is -1.00 e. The Morgan fingerprint density at radius 1 is 0.440 bits per heavy atom. The number of methoxy groups -OCH3 is 1. The molecule has 0 bridgehead atoms. The van der Waals surface area contributed by atoms with Crippen LogP contribution in [0.15, 0.2) is 165 Å². The molecule has 11 N–H and O–H groups in total. The van der Waals surface area contributed by atoms with Crippen LogP contribution in [-0.2, 0) is 56.8 Å². The van der Waals surface area contributed by atoms with Crippen molar-refractivity contribution in [2.75, 3.05) is 24.3 Å². The molecular formula is C73H70AlCl3LiN15O7. The van der Waals surface area contributed by atoms with Gasteiger partial charge < -0.3 is 49.5 Å². The van der Waals surface area contributed by atoms with E-state index >= 15 is 0 Å². The Bertz CT molecular complexity index is 4830. The molecule has 0 saturated heterocycles. The molecule has 22 nitrogen and oxygen atoms in total. The number of nitrogen functional groups attached to an aromatic ring is 3. The topological polar surface area (TPSA) is 348 Å². The molecule has 0 atom stereocenters. The third-order valence-electron chi connectivity index (χ3n) is 15.7. The quantitative estimate of drug-likeness (QED) is 0.0317. The second-order valence-corrected chi connectivity index (χ2v) is 24.1. The van der Waals surface area contributed by atoms with Gasteiger partial charge in [0.25, 0.3) is 17.7 Å². The van der Waals surface area contributed by atoms with E-state index < -0.39 is 5.97 Å². The summed E-state index contributed by atoms with van der Waals surface area (Å²) in [5, 5.41) is 32.1. The molecule has 0 unspecified atom stereocenters. The fourth-order valence-electron chi connectivity index (χ4n) is 10.8. The fraction of sp³-hybridized carbons (Fsp3) is 0.164. The first-order valence-corrected chi connectivity index (χ1v) is 31.7. The monoisotopic (exact) mass is 1410 g/mol. The molecule has 3 amide bonds. The van der Waals surface area contributed by atoms with Crippen molar-refractivity contribution in [1.82, 2.24) is 60.8 Å². The number of esters is 1. The van der Waals surface area contributed by atoms with Gasteiger partial charge in [-0.05, 0) is 151 Å². The number of nitrogens with one attached hydrogen (secondary N) is 3. The van der Waals surface area contributed by atoms with Crippen molar-refractivity contribution < 1.29 is 54.4 Å². The molecule has 0 saturated carbocycles. The van der Waals surface area contributed by atoms with Crippen molar-refractivity contribution in [3.8, 4) is 0 Å². The Balaban J connectivity index is 0.000000210. The van der Waals surface area contributed by atoms with Crippen LogP contribution in [0.5, 0.6) is 0 Å². The second-order valence-electron chi connectivity index (χ2n) is 22.8. The standard InChI is InChI=1S/C25H22ClN5O3.2C24H22ClN5O2.Al.Li.4H/c1-14-17(3-4-22(27)31-14)12-30-24(32)16-5-6-28-20(11-16)8-15-7-18-10-19(26)13-29-23(18)21(9-15)25(33)34-2;2*1-14-17(2-3-22(26)30-14)11-29-24(32)16-4-5-27-21(10-16)8-15-6-18-9-20(25)12-28-23(18)19(7-15)13-31;;;;;;/h3-7,9-11,13H,8,12H2,1-2H3,(H2,27,31)(H,30,32);2*2-7,9-10,12,31H,8,11,13H2,1H3,(H2,26,30)(H,29,32);;;;;;/q;;;;+1;;;;-1. The number of aryl methyl sites for hydroxylation is 3. The zero-order chi connectivity index (χ0) is 69.6. The first kappa shape index (κ1) is 75.8. The van der Waals surface area contributed by atoms with Gasteiger partial charge in [-0.2, -0.15) is 0 Å². The molecule has 0 spiro atoms. The zero-order valence-electron chi connectivity index (χ0n) is 55.6. The van der Waals surface area contributed by atoms with Gasteiger partial charge in [0.1, 0.15) is 17.5 Å². The maximum atomic E-state index is 12.7. The van der Waals surface area contributed by atoms with Crippen molar-refractivity contribution in [3.05, 3.63) is 281 Å². The van der Waals surface area contributed by atoms with E-state index in [1.807, 2.05) is 81.4 Å². The number of carbonyl (C=O) groups excluding carboxylic acids is 4. The van der Waals surface area contributed by atoms with Crippen molar-refractivity contribution in [1.29, 1.82) is 0 Å². The Morgan fingerprint density at radius 3 is 1.08 bits per heavy atom. The molecule has 0 radical (unpaired) electrons. The van der Waals surface area contributed by atoms with Gasteiger partial charge in [-0.25, -0.2) is 19.7 Å². The van der Waals surface area contributed by atoms with Crippen molar-refractivity contribution in [2.45, 2.75) is 72.9 Å². The van der Waals surface area contributed by atoms with E-state index in [2.05, 4.69) is 60.8 Å². The summed E-state index contributed by atoms with van der Waals surface area (Å²) >= 11 is 18.3. The molecule has 100 heavy (non-hydrogen) atoms. The van der Waals surface area contributed by atoms with Gasteiger partial charge in [0, 0.05) is 154 Å². The number of nitrogens with two attached hydrogens (primary N) is 3. The average molecular weight is 1410 g/mol. The number of aliphatic hydroxyl groups excluding tert-OH is 2. The Hall–Kier alpha value is -10.0. The molecular weight excluding hydrogens is 1340 g/mol. The van der Waals surface area contributed by atoms with Crippen LogP contribution in [0, 0.1) is 20.8 Å². The first-order chi connectivity index (χ1) is 47.2. The third kappa shape index (κ3) is 19.9. The number of anilines is 3. The minimum absolute atomic E-state index is 0. The second kappa shape index (κ2) is 35.2. The number of hydrogen-bond acceptors (Lipinski definition) is 19. The summed E-state index contributed by atoms with van der Waals surface area (Å²) in [5.41, 5.74) is 32.1. The molecule has 0 fully saturated rings. The van der Waals surface area contributed by atoms with Crippen molar-refractivity contribution >= 4 is 126 Å². The van der Waals surface area contributed by atoms with Crippen LogP contribution in [0.2, 0.25) is 15.1 Å². The molecule has 0 aliphatic heterocycles. The first-order valence-electron chi connectivity index (χ1n) is 30.6. The normalized spacial score (nSPS) is 10.7. The van der Waals surface area contributed by atoms with E-state index in [4.69, 9.17) is 56.7 Å². The van der Waals surface area contributed by atoms with E-state index in [0.717, 1.165) is 83.7 Å². The number of nitrogens with zero attached hydrogens (tertiary/aromatic N) is 9. The van der Waals surface area contributed by atoms with E-state index in [-0.39, 0.29) is 68.6 Å². The smallest absolute Gasteiger partial charge is 1.00 e. The zero-order valence-corrected chi connectivity index (χ0v) is 56.8. The van der Waals surface area contributed by atoms with Gasteiger partial charge in [-0.15, -0.1) is 0 Å². The number of aromatic nitrogens is 9. The maximum Gasteiger partial charge on any atom is 1.00 e. The molecule has 12 rings (SSSR count). The Kier molecular flexibility index (Phi) is 26.6. The van der Waals surface area contributed by atoms with Gasteiger partial charge in [0.05, 0.1) is 57.5 Å². The molecule has 0 aliphatic rings. The summed E-state index contributed by atoms with van der Waals surface area (Å²) in [4.78, 5) is 89.1. The maximum absolute atomic E-state index is 12.7. The van der Waals surface area contributed by atoms with Crippen LogP contribution in [0.4, 0.5) is 17.5 Å². The molecule has 9 heterocycles. The predicted molar refractivity (Wildman–Crippen MR) is 389 cm³/mol. The summed E-state index contributed by atoms with van der Waals surface area (Å²) < 4.78 is 4.92. The number of pyridine rings is 9. The molecule has 12 aromatic rings. The fourth-order valence-corrected chi connectivity index (χ4v) is 11.3. The summed E-state index contributed by atoms with van der Waals surface area (Å²) in [6.45, 7) is 6.34. The number of ether oxygens (including phenoxy) is 1. The average Bonchev–Trinajstić information content (AvgIpc) is 0.804. The number of aliphatic hydroxyl groups is 2. The summed E-state index contributed by atoms with van der Waals surface area (Å²) in [6.07, 6.45) is 10.8. The molecule has 504 valence electrons. The summed E-state index contributed by atoms with van der Waals surface area (Å²) in [7, 11) is 1.32. The number of halogens is 3. The van der Waals surface area contributed by atoms with Gasteiger partial charge in [0.2, 0.25) is 0 Å². The number of carbonyl (C=O) groups is 4. The number of amides is 3.